The lowest BCUT2D eigenvalue weighted by Gasteiger charge is -2.60. The maximum Gasteiger partial charge on any atom is 0.247 e. The number of ether oxygens (including phenoxy) is 2. The summed E-state index contributed by atoms with van der Waals surface area (Å²) in [5.74, 6) is 2.74. The van der Waals surface area contributed by atoms with E-state index in [2.05, 4.69) is 59.9 Å². The number of hydrogen-bond acceptors (Lipinski definition) is 4. The topological polar surface area (TPSA) is 67.8 Å². The second-order valence-electron chi connectivity index (χ2n) is 15.5. The molecule has 6 rings (SSSR count). The van der Waals surface area contributed by atoms with E-state index in [1.165, 1.54) is 12.8 Å². The molecule has 12 atom stereocenters. The van der Waals surface area contributed by atoms with Crippen LogP contribution >= 0.6 is 0 Å². The lowest BCUT2D eigenvalue weighted by Crippen LogP contribution is -2.56. The fourth-order valence-corrected chi connectivity index (χ4v) is 10.4. The van der Waals surface area contributed by atoms with Gasteiger partial charge < -0.3 is 19.9 Å². The number of hydrogen-bond donors (Lipinski definition) is 2. The van der Waals surface area contributed by atoms with E-state index >= 15 is 0 Å². The Kier molecular flexibility index (Phi) is 6.08. The smallest absolute Gasteiger partial charge is 0.247 e. The first kappa shape index (κ1) is 26.3. The van der Waals surface area contributed by atoms with Crippen LogP contribution in [0.25, 0.3) is 0 Å². The number of nitrogens with one attached hydrogen (secondary N) is 1. The lowest BCUT2D eigenvalue weighted by molar-refractivity contribution is -0.272. The van der Waals surface area contributed by atoms with Gasteiger partial charge >= 0.3 is 0 Å². The van der Waals surface area contributed by atoms with Crippen LogP contribution in [0.2, 0.25) is 0 Å². The van der Waals surface area contributed by atoms with Crippen molar-refractivity contribution >= 4 is 5.91 Å². The fraction of sp³-hybridized carbons (Fsp3) is 0.906. The summed E-state index contributed by atoms with van der Waals surface area (Å²) < 4.78 is 13.5. The van der Waals surface area contributed by atoms with Crippen molar-refractivity contribution in [3.05, 3.63) is 11.6 Å². The zero-order chi connectivity index (χ0) is 26.5. The number of aliphatic hydroxyl groups is 1. The highest BCUT2D eigenvalue weighted by atomic mass is 16.7. The minimum Gasteiger partial charge on any atom is -0.393 e. The number of rotatable bonds is 1. The predicted octanol–water partition coefficient (Wildman–Crippen LogP) is 5.85. The number of aliphatic hydroxyl groups excluding tert-OH is 1. The summed E-state index contributed by atoms with van der Waals surface area (Å²) in [6, 6.07) is 0. The number of fused-ring (bicyclic) bond motifs is 7. The van der Waals surface area contributed by atoms with Crippen molar-refractivity contribution in [2.24, 2.45) is 52.3 Å². The molecule has 0 radical (unpaired) electrons. The second kappa shape index (κ2) is 8.54. The van der Waals surface area contributed by atoms with Gasteiger partial charge in [-0.2, -0.15) is 0 Å². The maximum absolute atomic E-state index is 14.2. The fourth-order valence-electron chi connectivity index (χ4n) is 10.4. The van der Waals surface area contributed by atoms with Gasteiger partial charge in [0, 0.05) is 34.8 Å². The molecule has 2 N–H and O–H groups in total. The van der Waals surface area contributed by atoms with E-state index in [0.717, 1.165) is 50.7 Å². The van der Waals surface area contributed by atoms with Gasteiger partial charge in [0.25, 0.3) is 0 Å². The Labute approximate surface area is 224 Å². The van der Waals surface area contributed by atoms with E-state index in [9.17, 15) is 9.90 Å². The van der Waals surface area contributed by atoms with Crippen molar-refractivity contribution in [3.8, 4) is 0 Å². The van der Waals surface area contributed by atoms with E-state index in [4.69, 9.17) is 9.47 Å². The zero-order valence-corrected chi connectivity index (χ0v) is 24.3. The van der Waals surface area contributed by atoms with Crippen LogP contribution in [-0.4, -0.2) is 41.2 Å². The molecule has 0 unspecified atom stereocenters. The quantitative estimate of drug-likeness (QED) is 0.461. The summed E-state index contributed by atoms with van der Waals surface area (Å²) in [6.07, 6.45) is 10.9. The van der Waals surface area contributed by atoms with Gasteiger partial charge in [-0.1, -0.05) is 33.8 Å². The normalized spacial score (nSPS) is 53.1. The minimum absolute atomic E-state index is 0.118. The Balaban J connectivity index is 1.42. The van der Waals surface area contributed by atoms with Crippen LogP contribution in [0.4, 0.5) is 0 Å². The molecule has 5 fully saturated rings. The third kappa shape index (κ3) is 3.84. The Morgan fingerprint density at radius 3 is 2.51 bits per heavy atom. The molecule has 4 aliphatic carbocycles. The molecular weight excluding hydrogens is 462 g/mol. The average Bonchev–Trinajstić information content (AvgIpc) is 3.25. The molecule has 0 aromatic rings. The Hall–Kier alpha value is -0.910. The molecule has 2 heterocycles. The molecule has 5 nitrogen and oxygen atoms in total. The van der Waals surface area contributed by atoms with E-state index in [1.54, 1.807) is 0 Å². The predicted molar refractivity (Wildman–Crippen MR) is 144 cm³/mol. The van der Waals surface area contributed by atoms with Crippen molar-refractivity contribution in [2.45, 2.75) is 123 Å². The van der Waals surface area contributed by atoms with Crippen LogP contribution in [0.15, 0.2) is 11.6 Å². The second-order valence-corrected chi connectivity index (χ2v) is 15.5. The van der Waals surface area contributed by atoms with Crippen LogP contribution in [0.1, 0.15) is 99.8 Å². The van der Waals surface area contributed by atoms with Crippen LogP contribution < -0.4 is 5.32 Å². The standard InChI is InChI=1S/C32H51NO4/c1-18-10-13-32(36-17-18)19(2)27-26(37-32)16-24-22-9-8-20-14-21(34)11-12-30(20,6)23(22)15-25(31(24,27)7)28(35)33-29(3,4)5/h15,18-24,26-27,34H,8-14,16-17H2,1-7H3,(H,33,35)/t18-,19+,20+,21+,22-,23+,24+,26+,27+,30+,31-,32-/m1/s1. The van der Waals surface area contributed by atoms with E-state index < -0.39 is 5.79 Å². The first-order valence-electron chi connectivity index (χ1n) is 15.3. The lowest BCUT2D eigenvalue weighted by atomic mass is 9.45. The van der Waals surface area contributed by atoms with Gasteiger partial charge in [-0.25, -0.2) is 0 Å². The summed E-state index contributed by atoms with van der Waals surface area (Å²) in [4.78, 5) is 14.2. The molecule has 6 aliphatic rings. The molecule has 37 heavy (non-hydrogen) atoms. The van der Waals surface area contributed by atoms with Crippen LogP contribution in [-0.2, 0) is 14.3 Å². The summed E-state index contributed by atoms with van der Waals surface area (Å²) in [7, 11) is 0. The zero-order valence-electron chi connectivity index (χ0n) is 24.3. The van der Waals surface area contributed by atoms with E-state index in [-0.39, 0.29) is 40.4 Å². The van der Waals surface area contributed by atoms with Gasteiger partial charge in [-0.05, 0) is 101 Å². The molecule has 1 amide bonds. The van der Waals surface area contributed by atoms with Gasteiger partial charge in [0.2, 0.25) is 5.91 Å². The molecule has 2 saturated heterocycles. The van der Waals surface area contributed by atoms with Gasteiger partial charge in [0.05, 0.1) is 18.8 Å². The Bertz CT molecular complexity index is 960. The maximum atomic E-state index is 14.2. The number of carbonyl (C=O) groups excluding carboxylic acids is 1. The third-order valence-electron chi connectivity index (χ3n) is 12.3. The molecule has 208 valence electrons. The Morgan fingerprint density at radius 1 is 1.08 bits per heavy atom. The minimum atomic E-state index is -0.485. The highest BCUT2D eigenvalue weighted by Gasteiger charge is 2.70. The molecule has 0 aromatic heterocycles. The third-order valence-corrected chi connectivity index (χ3v) is 12.3. The monoisotopic (exact) mass is 513 g/mol. The van der Waals surface area contributed by atoms with Gasteiger partial charge in [0.1, 0.15) is 0 Å². The highest BCUT2D eigenvalue weighted by Crippen LogP contribution is 2.71. The first-order chi connectivity index (χ1) is 17.3. The van der Waals surface area contributed by atoms with E-state index in [0.29, 0.717) is 35.5 Å². The highest BCUT2D eigenvalue weighted by molar-refractivity contribution is 5.95. The van der Waals surface area contributed by atoms with Gasteiger partial charge in [0.15, 0.2) is 5.79 Å². The molecule has 2 aliphatic heterocycles. The summed E-state index contributed by atoms with van der Waals surface area (Å²) in [5.41, 5.74) is 0.679. The van der Waals surface area contributed by atoms with Crippen LogP contribution in [0, 0.1) is 52.3 Å². The largest absolute Gasteiger partial charge is 0.393 e. The van der Waals surface area contributed by atoms with E-state index in [1.807, 2.05) is 0 Å². The SMILES string of the molecule is C[C@@H]1CC[C@@]2(OC1)O[C@H]1C[C@H]3[C@@H]4CC[C@H]5C[C@@H](O)CC[C@]5(C)[C@H]4C=C(C(=O)NC(C)(C)C)[C@]3(C)[C@H]1[C@@H]2C. The summed E-state index contributed by atoms with van der Waals surface area (Å²) >= 11 is 0. The Morgan fingerprint density at radius 2 is 1.84 bits per heavy atom. The first-order valence-corrected chi connectivity index (χ1v) is 15.3. The van der Waals surface area contributed by atoms with Gasteiger partial charge in [-0.15, -0.1) is 0 Å². The van der Waals surface area contributed by atoms with Crippen LogP contribution in [0.3, 0.4) is 0 Å². The molecule has 0 aromatic carbocycles. The van der Waals surface area contributed by atoms with Crippen LogP contribution in [0.5, 0.6) is 0 Å². The summed E-state index contributed by atoms with van der Waals surface area (Å²) in [6.45, 7) is 16.5. The molecular formula is C32H51NO4. The van der Waals surface area contributed by atoms with Crippen molar-refractivity contribution < 1.29 is 19.4 Å². The molecule has 5 heteroatoms. The number of allylic oxidation sites excluding steroid dienone is 1. The number of carbonyl (C=O) groups is 1. The summed E-state index contributed by atoms with van der Waals surface area (Å²) in [5, 5.41) is 13.9. The van der Waals surface area contributed by atoms with Crippen molar-refractivity contribution in [2.75, 3.05) is 6.61 Å². The van der Waals surface area contributed by atoms with Crippen molar-refractivity contribution in [1.29, 1.82) is 0 Å². The van der Waals surface area contributed by atoms with Crippen molar-refractivity contribution in [3.63, 3.8) is 0 Å². The van der Waals surface area contributed by atoms with Crippen molar-refractivity contribution in [1.82, 2.24) is 5.32 Å². The molecule has 1 spiro atoms. The molecule has 3 saturated carbocycles. The number of amides is 1. The average molecular weight is 514 g/mol. The molecule has 0 bridgehead atoms. The van der Waals surface area contributed by atoms with Gasteiger partial charge in [-0.3, -0.25) is 4.79 Å².